The molecule has 0 saturated carbocycles. The number of hydrogen-bond donors (Lipinski definition) is 0. The van der Waals surface area contributed by atoms with Crippen LogP contribution in [0.5, 0.6) is 0 Å². The van der Waals surface area contributed by atoms with Crippen molar-refractivity contribution in [1.29, 1.82) is 0 Å². The third kappa shape index (κ3) is 4.50. The zero-order chi connectivity index (χ0) is 16.8. The molecule has 22 heavy (non-hydrogen) atoms. The van der Waals surface area contributed by atoms with Gasteiger partial charge in [0, 0.05) is 20.6 Å². The van der Waals surface area contributed by atoms with Crippen molar-refractivity contribution in [2.24, 2.45) is 0 Å². The second-order valence-electron chi connectivity index (χ2n) is 5.52. The van der Waals surface area contributed by atoms with Crippen molar-refractivity contribution in [3.05, 3.63) is 0 Å². The average Bonchev–Trinajstić information content (AvgIpc) is 2.52. The lowest BCUT2D eigenvalue weighted by Gasteiger charge is -2.47. The lowest BCUT2D eigenvalue weighted by Crippen LogP contribution is -2.58. The van der Waals surface area contributed by atoms with Gasteiger partial charge in [-0.2, -0.15) is 0 Å². The van der Waals surface area contributed by atoms with E-state index < -0.39 is 20.8 Å². The molecule has 0 amide bonds. The molecular weight excluding hydrogens is 304 g/mol. The maximum atomic E-state index is 6.13. The summed E-state index contributed by atoms with van der Waals surface area (Å²) in [5, 5.41) is 0. The maximum Gasteiger partial charge on any atom is 0.364 e. The largest absolute Gasteiger partial charge is 0.396 e. The first kappa shape index (κ1) is 20.0. The van der Waals surface area contributed by atoms with E-state index in [1.165, 1.54) is 0 Å². The van der Waals surface area contributed by atoms with Crippen LogP contribution < -0.4 is 0 Å². The lowest BCUT2D eigenvalue weighted by molar-refractivity contribution is -0.559. The van der Waals surface area contributed by atoms with Gasteiger partial charge in [-0.3, -0.25) is 14.2 Å². The summed E-state index contributed by atoms with van der Waals surface area (Å²) in [6.07, 6.45) is 2.31. The normalized spacial score (nSPS) is 28.2. The van der Waals surface area contributed by atoms with E-state index in [1.807, 2.05) is 27.3 Å². The first-order valence-electron chi connectivity index (χ1n) is 8.21. The SMILES string of the molecule is CCC(OC(CC)[Si](C)(OC)OC)OC1(CC)OC(CC)O1. The molecule has 1 aliphatic rings. The summed E-state index contributed by atoms with van der Waals surface area (Å²) in [5.74, 6) is -0.974. The molecule has 0 aromatic carbocycles. The number of rotatable bonds is 11. The molecule has 0 aromatic heterocycles. The summed E-state index contributed by atoms with van der Waals surface area (Å²) in [7, 11) is 0.948. The van der Waals surface area contributed by atoms with E-state index in [1.54, 1.807) is 14.2 Å². The highest BCUT2D eigenvalue weighted by Gasteiger charge is 2.49. The molecule has 0 N–H and O–H groups in total. The fraction of sp³-hybridized carbons (Fsp3) is 1.00. The van der Waals surface area contributed by atoms with E-state index in [9.17, 15) is 0 Å². The molecule has 0 aliphatic carbocycles. The second kappa shape index (κ2) is 8.72. The van der Waals surface area contributed by atoms with E-state index in [-0.39, 0.29) is 12.0 Å². The van der Waals surface area contributed by atoms with Gasteiger partial charge in [0.1, 0.15) is 5.73 Å². The molecule has 1 aliphatic heterocycles. The van der Waals surface area contributed by atoms with Crippen LogP contribution in [0, 0.1) is 0 Å². The van der Waals surface area contributed by atoms with Crippen molar-refractivity contribution in [2.45, 2.75) is 84.2 Å². The van der Waals surface area contributed by atoms with Gasteiger partial charge in [0.2, 0.25) is 0 Å². The Morgan fingerprint density at radius 3 is 2.00 bits per heavy atom. The topological polar surface area (TPSA) is 55.4 Å². The minimum atomic E-state index is -2.39. The molecule has 7 heteroatoms. The molecule has 0 spiro atoms. The Bertz CT molecular complexity index is 317. The highest BCUT2D eigenvalue weighted by molar-refractivity contribution is 6.67. The molecule has 0 bridgehead atoms. The molecule has 2 atom stereocenters. The fourth-order valence-electron chi connectivity index (χ4n) is 2.41. The van der Waals surface area contributed by atoms with Gasteiger partial charge in [0.25, 0.3) is 5.97 Å². The van der Waals surface area contributed by atoms with Crippen LogP contribution in [0.15, 0.2) is 0 Å². The van der Waals surface area contributed by atoms with Crippen molar-refractivity contribution in [1.82, 2.24) is 0 Å². The van der Waals surface area contributed by atoms with Gasteiger partial charge in [-0.05, 0) is 25.8 Å². The Hall–Kier alpha value is -0.0231. The van der Waals surface area contributed by atoms with E-state index in [0.29, 0.717) is 12.8 Å². The fourth-order valence-corrected chi connectivity index (χ4v) is 4.24. The third-order valence-corrected chi connectivity index (χ3v) is 7.45. The van der Waals surface area contributed by atoms with Crippen LogP contribution in [0.3, 0.4) is 0 Å². The van der Waals surface area contributed by atoms with Gasteiger partial charge in [-0.25, -0.2) is 0 Å². The van der Waals surface area contributed by atoms with E-state index in [2.05, 4.69) is 6.92 Å². The zero-order valence-corrected chi connectivity index (χ0v) is 16.0. The molecule has 0 aromatic rings. The Morgan fingerprint density at radius 1 is 1.05 bits per heavy atom. The van der Waals surface area contributed by atoms with Gasteiger partial charge >= 0.3 is 8.56 Å². The predicted octanol–water partition coefficient (Wildman–Crippen LogP) is 3.29. The van der Waals surface area contributed by atoms with Crippen LogP contribution in [-0.4, -0.2) is 47.1 Å². The van der Waals surface area contributed by atoms with Gasteiger partial charge in [-0.15, -0.1) is 0 Å². The van der Waals surface area contributed by atoms with Crippen LogP contribution in [0.25, 0.3) is 0 Å². The van der Waals surface area contributed by atoms with Gasteiger partial charge in [0.15, 0.2) is 12.6 Å². The van der Waals surface area contributed by atoms with Crippen molar-refractivity contribution >= 4 is 8.56 Å². The van der Waals surface area contributed by atoms with E-state index in [0.717, 1.165) is 12.8 Å². The predicted molar refractivity (Wildman–Crippen MR) is 85.2 cm³/mol. The monoisotopic (exact) mass is 336 g/mol. The third-order valence-electron chi connectivity index (χ3n) is 4.12. The number of ether oxygens (including phenoxy) is 4. The molecule has 2 unspecified atom stereocenters. The van der Waals surface area contributed by atoms with Crippen molar-refractivity contribution < 1.29 is 27.8 Å². The maximum absolute atomic E-state index is 6.13. The molecule has 1 saturated heterocycles. The van der Waals surface area contributed by atoms with E-state index in [4.69, 9.17) is 27.8 Å². The van der Waals surface area contributed by atoms with E-state index >= 15 is 0 Å². The minimum Gasteiger partial charge on any atom is -0.396 e. The van der Waals surface area contributed by atoms with Crippen LogP contribution in [0.1, 0.15) is 53.4 Å². The standard InChI is InChI=1S/C15H32O6Si/c1-8-12(18-14(10-3)22(7,16-5)17-6)19-15(11-4)20-13(9-2)21-15/h12-14H,8-11H2,1-7H3. The Kier molecular flexibility index (Phi) is 7.94. The zero-order valence-electron chi connectivity index (χ0n) is 15.0. The minimum absolute atomic E-state index is 0.122. The summed E-state index contributed by atoms with van der Waals surface area (Å²) >= 11 is 0. The van der Waals surface area contributed by atoms with Crippen LogP contribution in [-0.2, 0) is 27.8 Å². The Morgan fingerprint density at radius 2 is 1.64 bits per heavy atom. The van der Waals surface area contributed by atoms with Crippen molar-refractivity contribution in [2.75, 3.05) is 14.2 Å². The Labute approximate surface area is 135 Å². The summed E-state index contributed by atoms with van der Waals surface area (Å²) in [4.78, 5) is 0. The highest BCUT2D eigenvalue weighted by Crippen LogP contribution is 2.37. The molecular formula is C15H32O6Si. The van der Waals surface area contributed by atoms with Crippen LogP contribution in [0.4, 0.5) is 0 Å². The van der Waals surface area contributed by atoms with Crippen LogP contribution in [0.2, 0.25) is 6.55 Å². The summed E-state index contributed by atoms with van der Waals surface area (Å²) in [6.45, 7) is 10.0. The quantitative estimate of drug-likeness (QED) is 0.426. The molecule has 132 valence electrons. The summed E-state index contributed by atoms with van der Waals surface area (Å²) in [5.41, 5.74) is -0.122. The van der Waals surface area contributed by atoms with Gasteiger partial charge in [0.05, 0.1) is 0 Å². The summed E-state index contributed by atoms with van der Waals surface area (Å²) < 4.78 is 34.7. The lowest BCUT2D eigenvalue weighted by atomic mass is 10.3. The van der Waals surface area contributed by atoms with Crippen molar-refractivity contribution in [3.8, 4) is 0 Å². The molecule has 0 radical (unpaired) electrons. The molecule has 1 heterocycles. The Balaban J connectivity index is 2.67. The first-order valence-corrected chi connectivity index (χ1v) is 10.6. The second-order valence-corrected chi connectivity index (χ2v) is 9.02. The highest BCUT2D eigenvalue weighted by atomic mass is 28.4. The molecule has 1 rings (SSSR count). The molecule has 6 nitrogen and oxygen atoms in total. The summed E-state index contributed by atoms with van der Waals surface area (Å²) in [6, 6.07) is 0. The van der Waals surface area contributed by atoms with Crippen molar-refractivity contribution in [3.63, 3.8) is 0 Å². The molecule has 1 fully saturated rings. The van der Waals surface area contributed by atoms with Gasteiger partial charge in [-0.1, -0.05) is 27.7 Å². The van der Waals surface area contributed by atoms with Gasteiger partial charge < -0.3 is 13.6 Å². The smallest absolute Gasteiger partial charge is 0.364 e. The average molecular weight is 337 g/mol. The van der Waals surface area contributed by atoms with Crippen LogP contribution >= 0.6 is 0 Å². The number of hydrogen-bond acceptors (Lipinski definition) is 6. The first-order chi connectivity index (χ1) is 10.4.